The summed E-state index contributed by atoms with van der Waals surface area (Å²) >= 11 is 2.30. The molecule has 1 heterocycles. The Kier molecular flexibility index (Phi) is 4.61. The quantitative estimate of drug-likeness (QED) is 0.428. The van der Waals surface area contributed by atoms with Crippen LogP contribution in [0.3, 0.4) is 0 Å². The number of aromatic nitrogens is 2. The van der Waals surface area contributed by atoms with Crippen molar-refractivity contribution in [2.45, 2.75) is 6.54 Å². The highest BCUT2D eigenvalue weighted by Gasteiger charge is 2.09. The molecule has 0 saturated carbocycles. The maximum absolute atomic E-state index is 4.79. The van der Waals surface area contributed by atoms with Gasteiger partial charge in [-0.1, -0.05) is 54.6 Å². The van der Waals surface area contributed by atoms with Crippen LogP contribution in [0.15, 0.2) is 78.9 Å². The fraction of sp³-hybridized carbons (Fsp3) is 0.0476. The monoisotopic (exact) mass is 437 g/mol. The highest BCUT2D eigenvalue weighted by molar-refractivity contribution is 14.1. The Bertz CT molecular complexity index is 998. The van der Waals surface area contributed by atoms with Crippen molar-refractivity contribution in [3.05, 3.63) is 88.0 Å². The lowest BCUT2D eigenvalue weighted by Crippen LogP contribution is -2.04. The van der Waals surface area contributed by atoms with Crippen LogP contribution in [0.5, 0.6) is 0 Å². The maximum atomic E-state index is 4.79. The molecule has 0 saturated heterocycles. The number of hydrogen-bond acceptors (Lipinski definition) is 3. The Morgan fingerprint density at radius 3 is 2.28 bits per heavy atom. The SMILES string of the molecule is Ic1ccc(-c2nc(NCc3ccccc3)c3ccccc3n2)cc1. The highest BCUT2D eigenvalue weighted by atomic mass is 127. The summed E-state index contributed by atoms with van der Waals surface area (Å²) in [4.78, 5) is 9.53. The zero-order valence-corrected chi connectivity index (χ0v) is 15.6. The van der Waals surface area contributed by atoms with Crippen LogP contribution in [-0.2, 0) is 6.54 Å². The molecule has 0 unspecified atom stereocenters. The van der Waals surface area contributed by atoms with E-state index in [2.05, 4.69) is 70.4 Å². The molecular formula is C21H16IN3. The summed E-state index contributed by atoms with van der Waals surface area (Å²) in [6, 6.07) is 26.7. The number of anilines is 1. The van der Waals surface area contributed by atoms with E-state index in [1.165, 1.54) is 9.13 Å². The van der Waals surface area contributed by atoms with Crippen LogP contribution in [0.25, 0.3) is 22.3 Å². The lowest BCUT2D eigenvalue weighted by Gasteiger charge is -2.11. The topological polar surface area (TPSA) is 37.8 Å². The van der Waals surface area contributed by atoms with Gasteiger partial charge in [-0.2, -0.15) is 0 Å². The van der Waals surface area contributed by atoms with Crippen LogP contribution in [-0.4, -0.2) is 9.97 Å². The molecular weight excluding hydrogens is 421 g/mol. The Morgan fingerprint density at radius 2 is 1.48 bits per heavy atom. The van der Waals surface area contributed by atoms with Crippen molar-refractivity contribution < 1.29 is 0 Å². The summed E-state index contributed by atoms with van der Waals surface area (Å²) in [6.45, 7) is 0.730. The molecule has 4 heteroatoms. The highest BCUT2D eigenvalue weighted by Crippen LogP contribution is 2.25. The van der Waals surface area contributed by atoms with E-state index >= 15 is 0 Å². The molecule has 0 bridgehead atoms. The van der Waals surface area contributed by atoms with E-state index in [1.807, 2.05) is 36.4 Å². The van der Waals surface area contributed by atoms with Crippen molar-refractivity contribution in [1.82, 2.24) is 9.97 Å². The van der Waals surface area contributed by atoms with Gasteiger partial charge in [-0.25, -0.2) is 9.97 Å². The van der Waals surface area contributed by atoms with Gasteiger partial charge in [-0.3, -0.25) is 0 Å². The van der Waals surface area contributed by atoms with Crippen LogP contribution >= 0.6 is 22.6 Å². The van der Waals surface area contributed by atoms with Crippen molar-refractivity contribution in [2.75, 3.05) is 5.32 Å². The Balaban J connectivity index is 1.74. The van der Waals surface area contributed by atoms with Gasteiger partial charge in [-0.15, -0.1) is 0 Å². The third-order valence-corrected chi connectivity index (χ3v) is 4.73. The van der Waals surface area contributed by atoms with E-state index in [0.717, 1.165) is 34.7 Å². The molecule has 0 spiro atoms. The van der Waals surface area contributed by atoms with Crippen LogP contribution in [0.4, 0.5) is 5.82 Å². The van der Waals surface area contributed by atoms with E-state index < -0.39 is 0 Å². The Labute approximate surface area is 160 Å². The third-order valence-electron chi connectivity index (χ3n) is 4.01. The Morgan fingerprint density at radius 1 is 0.760 bits per heavy atom. The molecule has 4 aromatic rings. The van der Waals surface area contributed by atoms with E-state index in [9.17, 15) is 0 Å². The van der Waals surface area contributed by atoms with Gasteiger partial charge in [-0.05, 0) is 52.4 Å². The molecule has 0 atom stereocenters. The van der Waals surface area contributed by atoms with Crippen LogP contribution in [0.2, 0.25) is 0 Å². The summed E-state index contributed by atoms with van der Waals surface area (Å²) in [5, 5.41) is 4.51. The average molecular weight is 437 g/mol. The number of nitrogens with zero attached hydrogens (tertiary/aromatic N) is 2. The number of benzene rings is 3. The molecule has 3 nitrogen and oxygen atoms in total. The average Bonchev–Trinajstić information content (AvgIpc) is 2.67. The van der Waals surface area contributed by atoms with Crippen molar-refractivity contribution in [3.8, 4) is 11.4 Å². The fourth-order valence-electron chi connectivity index (χ4n) is 2.72. The molecule has 25 heavy (non-hydrogen) atoms. The minimum absolute atomic E-state index is 0.730. The van der Waals surface area contributed by atoms with Gasteiger partial charge in [0.25, 0.3) is 0 Å². The predicted molar refractivity (Wildman–Crippen MR) is 111 cm³/mol. The lowest BCUT2D eigenvalue weighted by atomic mass is 10.1. The van der Waals surface area contributed by atoms with Crippen LogP contribution in [0, 0.1) is 3.57 Å². The molecule has 1 aromatic heterocycles. The van der Waals surface area contributed by atoms with E-state index in [0.29, 0.717) is 0 Å². The lowest BCUT2D eigenvalue weighted by molar-refractivity contribution is 1.11. The van der Waals surface area contributed by atoms with Crippen molar-refractivity contribution in [2.24, 2.45) is 0 Å². The zero-order valence-electron chi connectivity index (χ0n) is 13.5. The maximum Gasteiger partial charge on any atom is 0.162 e. The van der Waals surface area contributed by atoms with Crippen molar-refractivity contribution >= 4 is 39.3 Å². The summed E-state index contributed by atoms with van der Waals surface area (Å²) in [5.41, 5.74) is 3.19. The number of rotatable bonds is 4. The minimum Gasteiger partial charge on any atom is -0.365 e. The van der Waals surface area contributed by atoms with Gasteiger partial charge in [0.15, 0.2) is 5.82 Å². The second-order valence-electron chi connectivity index (χ2n) is 5.76. The molecule has 0 aliphatic rings. The summed E-state index contributed by atoms with van der Waals surface area (Å²) in [6.07, 6.45) is 0. The summed E-state index contributed by atoms with van der Waals surface area (Å²) in [7, 11) is 0. The molecule has 122 valence electrons. The largest absolute Gasteiger partial charge is 0.365 e. The summed E-state index contributed by atoms with van der Waals surface area (Å²) < 4.78 is 1.20. The van der Waals surface area contributed by atoms with Gasteiger partial charge in [0, 0.05) is 21.1 Å². The molecule has 4 rings (SSSR count). The number of hydrogen-bond donors (Lipinski definition) is 1. The first-order valence-corrected chi connectivity index (χ1v) is 9.18. The fourth-order valence-corrected chi connectivity index (χ4v) is 3.08. The molecule has 0 aliphatic heterocycles. The second kappa shape index (κ2) is 7.19. The first-order valence-electron chi connectivity index (χ1n) is 8.10. The molecule has 0 amide bonds. The Hall–Kier alpha value is -2.47. The van der Waals surface area contributed by atoms with Crippen LogP contribution < -0.4 is 5.32 Å². The van der Waals surface area contributed by atoms with Gasteiger partial charge in [0.1, 0.15) is 5.82 Å². The zero-order chi connectivity index (χ0) is 17.1. The third kappa shape index (κ3) is 3.64. The van der Waals surface area contributed by atoms with Crippen LogP contribution in [0.1, 0.15) is 5.56 Å². The van der Waals surface area contributed by atoms with Gasteiger partial charge in [0.2, 0.25) is 0 Å². The summed E-state index contributed by atoms with van der Waals surface area (Å²) in [5.74, 6) is 1.61. The molecule has 0 aliphatic carbocycles. The van der Waals surface area contributed by atoms with Gasteiger partial charge in [0.05, 0.1) is 5.52 Å². The number of fused-ring (bicyclic) bond motifs is 1. The molecule has 1 N–H and O–H groups in total. The predicted octanol–water partition coefficient (Wildman–Crippen LogP) is 5.51. The van der Waals surface area contributed by atoms with E-state index in [4.69, 9.17) is 9.97 Å². The standard InChI is InChI=1S/C21H16IN3/c22-17-12-10-16(11-13-17)20-24-19-9-5-4-8-18(19)21(25-20)23-14-15-6-2-1-3-7-15/h1-13H,14H2,(H,23,24,25). The van der Waals surface area contributed by atoms with E-state index in [1.54, 1.807) is 0 Å². The van der Waals surface area contributed by atoms with E-state index in [-0.39, 0.29) is 0 Å². The van der Waals surface area contributed by atoms with Crippen molar-refractivity contribution in [3.63, 3.8) is 0 Å². The normalized spacial score (nSPS) is 10.8. The molecule has 0 fully saturated rings. The smallest absolute Gasteiger partial charge is 0.162 e. The minimum atomic E-state index is 0.730. The van der Waals surface area contributed by atoms with Gasteiger partial charge >= 0.3 is 0 Å². The second-order valence-corrected chi connectivity index (χ2v) is 7.00. The first kappa shape index (κ1) is 16.0. The molecule has 3 aromatic carbocycles. The number of nitrogens with one attached hydrogen (secondary N) is 1. The van der Waals surface area contributed by atoms with Crippen molar-refractivity contribution in [1.29, 1.82) is 0 Å². The number of para-hydroxylation sites is 1. The number of halogens is 1. The van der Waals surface area contributed by atoms with Gasteiger partial charge < -0.3 is 5.32 Å². The molecule has 0 radical (unpaired) electrons. The first-order chi connectivity index (χ1) is 12.3.